The molecule has 26 heavy (non-hydrogen) atoms. The fourth-order valence-electron chi connectivity index (χ4n) is 3.60. The SMILES string of the molecule is CC(C)c1cc(C(=O)N2CCOC[C@](O)(CN3CCCC3)C2)nc(N)n1. The first-order valence-electron chi connectivity index (χ1n) is 9.32. The van der Waals surface area contributed by atoms with Crippen LogP contribution in [0, 0.1) is 0 Å². The topological polar surface area (TPSA) is 105 Å². The predicted octanol–water partition coefficient (Wildman–Crippen LogP) is 0.482. The van der Waals surface area contributed by atoms with Crippen LogP contribution in [0.1, 0.15) is 48.8 Å². The Morgan fingerprint density at radius 1 is 1.35 bits per heavy atom. The summed E-state index contributed by atoms with van der Waals surface area (Å²) in [5.41, 5.74) is 5.72. The standard InChI is InChI=1S/C18H29N5O3/c1-13(2)14-9-15(21-17(19)20-14)16(24)23-7-8-26-12-18(25,11-23)10-22-5-3-4-6-22/h9,13,25H,3-8,10-12H2,1-2H3,(H2,19,20,21)/t18-/m0/s1. The van der Waals surface area contributed by atoms with Crippen LogP contribution < -0.4 is 5.73 Å². The van der Waals surface area contributed by atoms with Gasteiger partial charge in [-0.3, -0.25) is 4.79 Å². The molecule has 3 rings (SSSR count). The molecule has 1 atom stereocenters. The third kappa shape index (κ3) is 4.49. The number of amides is 1. The molecular formula is C18H29N5O3. The highest BCUT2D eigenvalue weighted by atomic mass is 16.5. The lowest BCUT2D eigenvalue weighted by molar-refractivity contribution is -0.0524. The molecule has 0 spiro atoms. The Kier molecular flexibility index (Phi) is 5.74. The molecule has 8 heteroatoms. The second-order valence-corrected chi connectivity index (χ2v) is 7.68. The van der Waals surface area contributed by atoms with E-state index in [2.05, 4.69) is 14.9 Å². The summed E-state index contributed by atoms with van der Waals surface area (Å²) >= 11 is 0. The molecule has 0 saturated carbocycles. The van der Waals surface area contributed by atoms with E-state index in [9.17, 15) is 9.90 Å². The fourth-order valence-corrected chi connectivity index (χ4v) is 3.60. The Balaban J connectivity index is 1.77. The van der Waals surface area contributed by atoms with Gasteiger partial charge in [0, 0.05) is 18.8 Å². The maximum absolute atomic E-state index is 13.0. The number of nitrogens with two attached hydrogens (primary N) is 1. The number of likely N-dealkylation sites (tertiary alicyclic amines) is 1. The highest BCUT2D eigenvalue weighted by Gasteiger charge is 2.37. The molecule has 0 aliphatic carbocycles. The smallest absolute Gasteiger partial charge is 0.272 e. The van der Waals surface area contributed by atoms with Crippen molar-refractivity contribution in [3.05, 3.63) is 17.5 Å². The maximum atomic E-state index is 13.0. The molecule has 144 valence electrons. The van der Waals surface area contributed by atoms with E-state index in [1.165, 1.54) is 0 Å². The van der Waals surface area contributed by atoms with E-state index < -0.39 is 5.60 Å². The van der Waals surface area contributed by atoms with Gasteiger partial charge in [0.1, 0.15) is 11.3 Å². The summed E-state index contributed by atoms with van der Waals surface area (Å²) in [6, 6.07) is 1.69. The molecule has 2 saturated heterocycles. The fraction of sp³-hybridized carbons (Fsp3) is 0.722. The van der Waals surface area contributed by atoms with Gasteiger partial charge in [-0.1, -0.05) is 13.8 Å². The lowest BCUT2D eigenvalue weighted by atomic mass is 10.0. The van der Waals surface area contributed by atoms with Gasteiger partial charge in [0.2, 0.25) is 5.95 Å². The van der Waals surface area contributed by atoms with Gasteiger partial charge in [-0.15, -0.1) is 0 Å². The summed E-state index contributed by atoms with van der Waals surface area (Å²) in [4.78, 5) is 25.2. The van der Waals surface area contributed by atoms with Gasteiger partial charge in [0.15, 0.2) is 0 Å². The van der Waals surface area contributed by atoms with Crippen LogP contribution in [-0.4, -0.2) is 82.3 Å². The van der Waals surface area contributed by atoms with Gasteiger partial charge < -0.3 is 25.4 Å². The van der Waals surface area contributed by atoms with Crippen molar-refractivity contribution in [3.8, 4) is 0 Å². The molecule has 1 aromatic rings. The van der Waals surface area contributed by atoms with Crippen molar-refractivity contribution < 1.29 is 14.6 Å². The van der Waals surface area contributed by atoms with Crippen LogP contribution in [0.25, 0.3) is 0 Å². The molecule has 1 amide bonds. The van der Waals surface area contributed by atoms with Crippen molar-refractivity contribution >= 4 is 11.9 Å². The van der Waals surface area contributed by atoms with Crippen LogP contribution in [-0.2, 0) is 4.74 Å². The van der Waals surface area contributed by atoms with Crippen LogP contribution in [0.4, 0.5) is 5.95 Å². The number of hydrogen-bond donors (Lipinski definition) is 2. The quantitative estimate of drug-likeness (QED) is 0.802. The van der Waals surface area contributed by atoms with Crippen LogP contribution in [0.15, 0.2) is 6.07 Å². The van der Waals surface area contributed by atoms with Gasteiger partial charge >= 0.3 is 0 Å². The van der Waals surface area contributed by atoms with Crippen LogP contribution >= 0.6 is 0 Å². The molecule has 2 aliphatic rings. The zero-order valence-electron chi connectivity index (χ0n) is 15.6. The predicted molar refractivity (Wildman–Crippen MR) is 97.9 cm³/mol. The summed E-state index contributed by atoms with van der Waals surface area (Å²) in [6.45, 7) is 7.73. The number of β-amino-alcohol motifs (C(OH)–C–C–N with tert-alkyl or cyclic N) is 1. The number of aromatic nitrogens is 2. The zero-order chi connectivity index (χ0) is 18.7. The van der Waals surface area contributed by atoms with Crippen molar-refractivity contribution in [3.63, 3.8) is 0 Å². The van der Waals surface area contributed by atoms with Crippen molar-refractivity contribution in [1.29, 1.82) is 0 Å². The zero-order valence-corrected chi connectivity index (χ0v) is 15.6. The molecule has 0 bridgehead atoms. The largest absolute Gasteiger partial charge is 0.384 e. The summed E-state index contributed by atoms with van der Waals surface area (Å²) in [6.07, 6.45) is 2.30. The van der Waals surface area contributed by atoms with Crippen molar-refractivity contribution in [2.75, 3.05) is 51.7 Å². The molecule has 1 aromatic heterocycles. The van der Waals surface area contributed by atoms with Crippen molar-refractivity contribution in [2.24, 2.45) is 0 Å². The Labute approximate surface area is 154 Å². The Morgan fingerprint density at radius 2 is 2.08 bits per heavy atom. The molecule has 0 radical (unpaired) electrons. The average Bonchev–Trinajstić information content (AvgIpc) is 3.01. The number of hydrogen-bond acceptors (Lipinski definition) is 7. The van der Waals surface area contributed by atoms with Crippen LogP contribution in [0.3, 0.4) is 0 Å². The Morgan fingerprint density at radius 3 is 2.77 bits per heavy atom. The lowest BCUT2D eigenvalue weighted by Gasteiger charge is -2.33. The molecule has 3 N–H and O–H groups in total. The molecule has 2 fully saturated rings. The van der Waals surface area contributed by atoms with E-state index in [4.69, 9.17) is 10.5 Å². The Hall–Kier alpha value is -1.77. The van der Waals surface area contributed by atoms with E-state index >= 15 is 0 Å². The average molecular weight is 363 g/mol. The number of carbonyl (C=O) groups excluding carboxylic acids is 1. The molecular weight excluding hydrogens is 334 g/mol. The van der Waals surface area contributed by atoms with E-state index in [0.29, 0.717) is 19.7 Å². The van der Waals surface area contributed by atoms with Gasteiger partial charge in [0.05, 0.1) is 19.8 Å². The number of anilines is 1. The molecule has 2 aliphatic heterocycles. The monoisotopic (exact) mass is 363 g/mol. The number of nitrogen functional groups attached to an aromatic ring is 1. The summed E-state index contributed by atoms with van der Waals surface area (Å²) in [5, 5.41) is 11.1. The first-order valence-corrected chi connectivity index (χ1v) is 9.32. The van der Waals surface area contributed by atoms with E-state index in [1.54, 1.807) is 11.0 Å². The Bertz CT molecular complexity index is 648. The normalized spacial score (nSPS) is 24.8. The maximum Gasteiger partial charge on any atom is 0.272 e. The third-order valence-corrected chi connectivity index (χ3v) is 4.94. The summed E-state index contributed by atoms with van der Waals surface area (Å²) < 4.78 is 5.59. The summed E-state index contributed by atoms with van der Waals surface area (Å²) in [7, 11) is 0. The van der Waals surface area contributed by atoms with Gasteiger partial charge in [0.25, 0.3) is 5.91 Å². The van der Waals surface area contributed by atoms with Crippen LogP contribution in [0.5, 0.6) is 0 Å². The van der Waals surface area contributed by atoms with Crippen molar-refractivity contribution in [2.45, 2.75) is 38.2 Å². The highest BCUT2D eigenvalue weighted by Crippen LogP contribution is 2.20. The minimum absolute atomic E-state index is 0.0953. The van der Waals surface area contributed by atoms with E-state index in [-0.39, 0.29) is 36.6 Å². The van der Waals surface area contributed by atoms with Crippen LogP contribution in [0.2, 0.25) is 0 Å². The number of aliphatic hydroxyl groups is 1. The molecule has 0 aromatic carbocycles. The van der Waals surface area contributed by atoms with Crippen molar-refractivity contribution in [1.82, 2.24) is 19.8 Å². The van der Waals surface area contributed by atoms with Gasteiger partial charge in [-0.25, -0.2) is 9.97 Å². The second kappa shape index (κ2) is 7.85. The second-order valence-electron chi connectivity index (χ2n) is 7.68. The first kappa shape index (κ1) is 19.0. The molecule has 8 nitrogen and oxygen atoms in total. The number of carbonyl (C=O) groups is 1. The third-order valence-electron chi connectivity index (χ3n) is 4.94. The number of nitrogens with zero attached hydrogens (tertiary/aromatic N) is 4. The lowest BCUT2D eigenvalue weighted by Crippen LogP contribution is -2.53. The minimum atomic E-state index is -1.07. The van der Waals surface area contributed by atoms with Gasteiger partial charge in [-0.05, 0) is 37.9 Å². The minimum Gasteiger partial charge on any atom is -0.384 e. The van der Waals surface area contributed by atoms with Gasteiger partial charge in [-0.2, -0.15) is 0 Å². The van der Waals surface area contributed by atoms with E-state index in [1.807, 2.05) is 13.8 Å². The van der Waals surface area contributed by atoms with E-state index in [0.717, 1.165) is 31.6 Å². The number of rotatable bonds is 4. The number of ether oxygens (including phenoxy) is 1. The first-order chi connectivity index (χ1) is 12.4. The molecule has 0 unspecified atom stereocenters. The highest BCUT2D eigenvalue weighted by molar-refractivity contribution is 5.92. The molecule has 3 heterocycles. The summed E-state index contributed by atoms with van der Waals surface area (Å²) in [5.74, 6) is -0.00397.